The molecule has 0 atom stereocenters. The summed E-state index contributed by atoms with van der Waals surface area (Å²) in [5.74, 6) is 0. The third-order valence-corrected chi connectivity index (χ3v) is 4.72. The Morgan fingerprint density at radius 1 is 1.23 bits per heavy atom. The standard InChI is InChI=1S/C14H21N3O4S/c1-12-2-4-13(5-3-12)22(19,20)16-14(18)15-6-7-17-8-10-21-11-9-17/h2-5H,6-11H2,1H3,(H2,15,16,18). The molecule has 0 aromatic heterocycles. The van der Waals surface area contributed by atoms with Crippen molar-refractivity contribution in [1.82, 2.24) is 14.9 Å². The minimum atomic E-state index is -3.83. The van der Waals surface area contributed by atoms with Gasteiger partial charge in [0.25, 0.3) is 10.0 Å². The molecule has 0 radical (unpaired) electrons. The van der Waals surface area contributed by atoms with Crippen LogP contribution in [-0.2, 0) is 14.8 Å². The smallest absolute Gasteiger partial charge is 0.328 e. The average molecular weight is 327 g/mol. The van der Waals surface area contributed by atoms with Crippen LogP contribution in [0.3, 0.4) is 0 Å². The number of amides is 2. The van der Waals surface area contributed by atoms with E-state index in [0.29, 0.717) is 26.3 Å². The lowest BCUT2D eigenvalue weighted by molar-refractivity contribution is 0.0387. The van der Waals surface area contributed by atoms with Crippen molar-refractivity contribution in [3.8, 4) is 0 Å². The molecule has 1 aliphatic heterocycles. The topological polar surface area (TPSA) is 87.7 Å². The van der Waals surface area contributed by atoms with Crippen LogP contribution < -0.4 is 10.0 Å². The fraction of sp³-hybridized carbons (Fsp3) is 0.500. The highest BCUT2D eigenvalue weighted by molar-refractivity contribution is 7.90. The van der Waals surface area contributed by atoms with Crippen LogP contribution in [-0.4, -0.2) is 58.7 Å². The zero-order valence-electron chi connectivity index (χ0n) is 12.5. The number of sulfonamides is 1. The van der Waals surface area contributed by atoms with Gasteiger partial charge in [-0.2, -0.15) is 0 Å². The monoisotopic (exact) mass is 327 g/mol. The summed E-state index contributed by atoms with van der Waals surface area (Å²) in [4.78, 5) is 13.9. The van der Waals surface area contributed by atoms with Crippen LogP contribution in [0.5, 0.6) is 0 Å². The average Bonchev–Trinajstić information content (AvgIpc) is 2.48. The van der Waals surface area contributed by atoms with Crippen LogP contribution in [0.4, 0.5) is 4.79 Å². The molecule has 0 aliphatic carbocycles. The second-order valence-corrected chi connectivity index (χ2v) is 6.81. The number of hydrogen-bond acceptors (Lipinski definition) is 5. The largest absolute Gasteiger partial charge is 0.379 e. The summed E-state index contributed by atoms with van der Waals surface area (Å²) in [5.41, 5.74) is 0.953. The summed E-state index contributed by atoms with van der Waals surface area (Å²) >= 11 is 0. The molecular weight excluding hydrogens is 306 g/mol. The Labute approximate surface area is 130 Å². The van der Waals surface area contributed by atoms with Crippen molar-refractivity contribution >= 4 is 16.1 Å². The summed E-state index contributed by atoms with van der Waals surface area (Å²) in [5, 5.41) is 2.56. The van der Waals surface area contributed by atoms with Gasteiger partial charge in [-0.25, -0.2) is 17.9 Å². The summed E-state index contributed by atoms with van der Waals surface area (Å²) in [6.07, 6.45) is 0. The van der Waals surface area contributed by atoms with E-state index >= 15 is 0 Å². The van der Waals surface area contributed by atoms with Crippen molar-refractivity contribution < 1.29 is 17.9 Å². The van der Waals surface area contributed by atoms with Gasteiger partial charge in [-0.1, -0.05) is 17.7 Å². The normalized spacial score (nSPS) is 16.2. The molecule has 22 heavy (non-hydrogen) atoms. The van der Waals surface area contributed by atoms with E-state index in [1.54, 1.807) is 12.1 Å². The molecule has 1 aromatic carbocycles. The van der Waals surface area contributed by atoms with Gasteiger partial charge in [-0.05, 0) is 19.1 Å². The number of rotatable bonds is 5. The molecule has 2 rings (SSSR count). The van der Waals surface area contributed by atoms with Gasteiger partial charge < -0.3 is 10.1 Å². The van der Waals surface area contributed by atoms with Crippen LogP contribution in [0.1, 0.15) is 5.56 Å². The number of ether oxygens (including phenoxy) is 1. The molecule has 1 saturated heterocycles. The Morgan fingerprint density at radius 3 is 2.50 bits per heavy atom. The highest BCUT2D eigenvalue weighted by Crippen LogP contribution is 2.09. The van der Waals surface area contributed by atoms with Crippen LogP contribution in [0.2, 0.25) is 0 Å². The first-order valence-corrected chi connectivity index (χ1v) is 8.63. The van der Waals surface area contributed by atoms with E-state index in [0.717, 1.165) is 18.7 Å². The molecule has 1 aliphatic rings. The number of carbonyl (C=O) groups excluding carboxylic acids is 1. The van der Waals surface area contributed by atoms with E-state index in [1.807, 2.05) is 11.6 Å². The maximum atomic E-state index is 12.0. The number of morpholine rings is 1. The van der Waals surface area contributed by atoms with Gasteiger partial charge in [0.05, 0.1) is 18.1 Å². The zero-order chi connectivity index (χ0) is 16.0. The number of nitrogens with zero attached hydrogens (tertiary/aromatic N) is 1. The van der Waals surface area contributed by atoms with Gasteiger partial charge in [-0.3, -0.25) is 4.90 Å². The Morgan fingerprint density at radius 2 is 1.86 bits per heavy atom. The number of nitrogens with one attached hydrogen (secondary N) is 2. The highest BCUT2D eigenvalue weighted by Gasteiger charge is 2.17. The number of aryl methyl sites for hydroxylation is 1. The molecule has 1 heterocycles. The molecule has 8 heteroatoms. The third kappa shape index (κ3) is 4.97. The minimum Gasteiger partial charge on any atom is -0.379 e. The maximum absolute atomic E-state index is 12.0. The molecule has 2 amide bonds. The molecule has 0 unspecified atom stereocenters. The van der Waals surface area contributed by atoms with Crippen LogP contribution in [0.15, 0.2) is 29.2 Å². The van der Waals surface area contributed by atoms with E-state index in [2.05, 4.69) is 10.2 Å². The summed E-state index contributed by atoms with van der Waals surface area (Å²) in [7, 11) is -3.83. The first-order valence-electron chi connectivity index (χ1n) is 7.15. The second-order valence-electron chi connectivity index (χ2n) is 5.13. The number of carbonyl (C=O) groups is 1. The molecular formula is C14H21N3O4S. The molecule has 0 bridgehead atoms. The zero-order valence-corrected chi connectivity index (χ0v) is 13.4. The van der Waals surface area contributed by atoms with Gasteiger partial charge in [0.15, 0.2) is 0 Å². The molecule has 0 spiro atoms. The molecule has 1 fully saturated rings. The van der Waals surface area contributed by atoms with Gasteiger partial charge >= 0.3 is 6.03 Å². The summed E-state index contributed by atoms with van der Waals surface area (Å²) < 4.78 is 31.3. The Bertz CT molecular complexity index is 595. The molecule has 7 nitrogen and oxygen atoms in total. The number of urea groups is 1. The third-order valence-electron chi connectivity index (χ3n) is 3.38. The maximum Gasteiger partial charge on any atom is 0.328 e. The van der Waals surface area contributed by atoms with Gasteiger partial charge in [-0.15, -0.1) is 0 Å². The molecule has 0 saturated carbocycles. The van der Waals surface area contributed by atoms with E-state index in [-0.39, 0.29) is 4.90 Å². The van der Waals surface area contributed by atoms with E-state index in [9.17, 15) is 13.2 Å². The quantitative estimate of drug-likeness (QED) is 0.813. The van der Waals surface area contributed by atoms with E-state index in [1.165, 1.54) is 12.1 Å². The summed E-state index contributed by atoms with van der Waals surface area (Å²) in [6.45, 7) is 5.94. The first-order chi connectivity index (χ1) is 10.5. The minimum absolute atomic E-state index is 0.0708. The lowest BCUT2D eigenvalue weighted by atomic mass is 10.2. The van der Waals surface area contributed by atoms with E-state index in [4.69, 9.17) is 4.74 Å². The highest BCUT2D eigenvalue weighted by atomic mass is 32.2. The van der Waals surface area contributed by atoms with Crippen LogP contribution in [0, 0.1) is 6.92 Å². The fourth-order valence-electron chi connectivity index (χ4n) is 2.09. The molecule has 122 valence electrons. The number of benzene rings is 1. The fourth-order valence-corrected chi connectivity index (χ4v) is 3.02. The molecule has 1 aromatic rings. The van der Waals surface area contributed by atoms with E-state index < -0.39 is 16.1 Å². The predicted molar refractivity (Wildman–Crippen MR) is 82.2 cm³/mol. The SMILES string of the molecule is Cc1ccc(S(=O)(=O)NC(=O)NCCN2CCOCC2)cc1. The summed E-state index contributed by atoms with van der Waals surface area (Å²) in [6, 6.07) is 5.60. The van der Waals surface area contributed by atoms with Crippen molar-refractivity contribution in [2.24, 2.45) is 0 Å². The molecule has 2 N–H and O–H groups in total. The van der Waals surface area contributed by atoms with Crippen molar-refractivity contribution in [1.29, 1.82) is 0 Å². The Kier molecular flexibility index (Phi) is 5.76. The van der Waals surface area contributed by atoms with Gasteiger partial charge in [0.1, 0.15) is 0 Å². The van der Waals surface area contributed by atoms with Gasteiger partial charge in [0, 0.05) is 26.2 Å². The number of hydrogen-bond donors (Lipinski definition) is 2. The van der Waals surface area contributed by atoms with Crippen molar-refractivity contribution in [3.05, 3.63) is 29.8 Å². The lowest BCUT2D eigenvalue weighted by Gasteiger charge is -2.26. The Hall–Kier alpha value is -1.64. The van der Waals surface area contributed by atoms with Crippen molar-refractivity contribution in [3.63, 3.8) is 0 Å². The van der Waals surface area contributed by atoms with Gasteiger partial charge in [0.2, 0.25) is 0 Å². The Balaban J connectivity index is 1.79. The lowest BCUT2D eigenvalue weighted by Crippen LogP contribution is -2.45. The van der Waals surface area contributed by atoms with Crippen molar-refractivity contribution in [2.75, 3.05) is 39.4 Å². The second kappa shape index (κ2) is 7.57. The first kappa shape index (κ1) is 16.7. The predicted octanol–water partition coefficient (Wildman–Crippen LogP) is 0.315. The van der Waals surface area contributed by atoms with Crippen LogP contribution in [0.25, 0.3) is 0 Å². The van der Waals surface area contributed by atoms with Crippen molar-refractivity contribution in [2.45, 2.75) is 11.8 Å². The van der Waals surface area contributed by atoms with Crippen LogP contribution >= 0.6 is 0 Å².